The second kappa shape index (κ2) is 7.25. The number of nitrogens with one attached hydrogen (secondary N) is 1. The zero-order chi connectivity index (χ0) is 15.9. The number of amides is 1. The predicted octanol–water partition coefficient (Wildman–Crippen LogP) is 2.24. The molecule has 0 fully saturated rings. The quantitative estimate of drug-likeness (QED) is 0.887. The summed E-state index contributed by atoms with van der Waals surface area (Å²) in [5, 5.41) is 20.7. The minimum Gasteiger partial charge on any atom is -0.395 e. The standard InChI is InChI=1S/C17H17N3O2/c1-20(10-11-21)15-8-6-14(7-9-15)19-17(22)16-5-3-2-4-13(16)12-18/h2-9,21H,10-11H2,1H3,(H,19,22). The number of aliphatic hydroxyl groups is 1. The zero-order valence-corrected chi connectivity index (χ0v) is 12.3. The molecule has 0 heterocycles. The summed E-state index contributed by atoms with van der Waals surface area (Å²) in [6, 6.07) is 16.0. The van der Waals surface area contributed by atoms with Crippen LogP contribution >= 0.6 is 0 Å². The van der Waals surface area contributed by atoms with E-state index in [9.17, 15) is 4.79 Å². The fourth-order valence-corrected chi connectivity index (χ4v) is 2.06. The predicted molar refractivity (Wildman–Crippen MR) is 85.9 cm³/mol. The van der Waals surface area contributed by atoms with E-state index in [2.05, 4.69) is 5.32 Å². The van der Waals surface area contributed by atoms with Crippen LogP contribution in [0.15, 0.2) is 48.5 Å². The number of anilines is 2. The first-order chi connectivity index (χ1) is 10.7. The van der Waals surface area contributed by atoms with Crippen LogP contribution in [0, 0.1) is 11.3 Å². The lowest BCUT2D eigenvalue weighted by Gasteiger charge is -2.18. The van der Waals surface area contributed by atoms with Crippen LogP contribution in [0.1, 0.15) is 15.9 Å². The summed E-state index contributed by atoms with van der Waals surface area (Å²) >= 11 is 0. The molecule has 0 saturated carbocycles. The summed E-state index contributed by atoms with van der Waals surface area (Å²) < 4.78 is 0. The van der Waals surface area contributed by atoms with Crippen molar-refractivity contribution in [3.63, 3.8) is 0 Å². The Morgan fingerprint density at radius 1 is 1.23 bits per heavy atom. The molecule has 1 amide bonds. The van der Waals surface area contributed by atoms with Crippen molar-refractivity contribution in [2.24, 2.45) is 0 Å². The lowest BCUT2D eigenvalue weighted by Crippen LogP contribution is -2.21. The molecule has 22 heavy (non-hydrogen) atoms. The highest BCUT2D eigenvalue weighted by molar-refractivity contribution is 6.05. The van der Waals surface area contributed by atoms with Gasteiger partial charge in [0.2, 0.25) is 0 Å². The summed E-state index contributed by atoms with van der Waals surface area (Å²) in [5.74, 6) is -0.311. The van der Waals surface area contributed by atoms with E-state index >= 15 is 0 Å². The molecule has 0 aliphatic carbocycles. The molecular formula is C17H17N3O2. The maximum atomic E-state index is 12.2. The number of hydrogen-bond acceptors (Lipinski definition) is 4. The molecule has 5 nitrogen and oxygen atoms in total. The van der Waals surface area contributed by atoms with Gasteiger partial charge in [-0.15, -0.1) is 0 Å². The van der Waals surface area contributed by atoms with Crippen LogP contribution in [0.4, 0.5) is 11.4 Å². The summed E-state index contributed by atoms with van der Waals surface area (Å²) in [6.07, 6.45) is 0. The number of carbonyl (C=O) groups excluding carboxylic acids is 1. The van der Waals surface area contributed by atoms with Crippen molar-refractivity contribution in [3.05, 3.63) is 59.7 Å². The van der Waals surface area contributed by atoms with Crippen molar-refractivity contribution >= 4 is 17.3 Å². The van der Waals surface area contributed by atoms with Gasteiger partial charge < -0.3 is 15.3 Å². The van der Waals surface area contributed by atoms with Gasteiger partial charge in [-0.3, -0.25) is 4.79 Å². The molecule has 0 atom stereocenters. The van der Waals surface area contributed by atoms with Crippen molar-refractivity contribution in [2.75, 3.05) is 30.4 Å². The molecule has 2 rings (SSSR count). The molecule has 2 N–H and O–H groups in total. The van der Waals surface area contributed by atoms with Gasteiger partial charge in [0.15, 0.2) is 0 Å². The van der Waals surface area contributed by atoms with Crippen molar-refractivity contribution in [1.82, 2.24) is 0 Å². The topological polar surface area (TPSA) is 76.4 Å². The van der Waals surface area contributed by atoms with E-state index in [1.54, 1.807) is 36.4 Å². The first-order valence-corrected chi connectivity index (χ1v) is 6.88. The summed E-state index contributed by atoms with van der Waals surface area (Å²) in [4.78, 5) is 14.1. The van der Waals surface area contributed by atoms with Gasteiger partial charge in [-0.05, 0) is 36.4 Å². The van der Waals surface area contributed by atoms with Crippen LogP contribution < -0.4 is 10.2 Å². The summed E-state index contributed by atoms with van der Waals surface area (Å²) in [7, 11) is 1.88. The molecule has 0 bridgehead atoms. The van der Waals surface area contributed by atoms with Crippen molar-refractivity contribution in [2.45, 2.75) is 0 Å². The highest BCUT2D eigenvalue weighted by Gasteiger charge is 2.10. The van der Waals surface area contributed by atoms with E-state index in [1.807, 2.05) is 30.1 Å². The molecule has 0 aromatic heterocycles. The Kier molecular flexibility index (Phi) is 5.12. The monoisotopic (exact) mass is 295 g/mol. The van der Waals surface area contributed by atoms with E-state index in [0.717, 1.165) is 5.69 Å². The van der Waals surface area contributed by atoms with Crippen LogP contribution in [-0.2, 0) is 0 Å². The Morgan fingerprint density at radius 3 is 2.55 bits per heavy atom. The molecule has 5 heteroatoms. The van der Waals surface area contributed by atoms with Gasteiger partial charge in [-0.2, -0.15) is 5.26 Å². The molecule has 0 radical (unpaired) electrons. The van der Waals surface area contributed by atoms with Gasteiger partial charge in [0.1, 0.15) is 0 Å². The Balaban J connectivity index is 2.11. The average molecular weight is 295 g/mol. The van der Waals surface area contributed by atoms with Crippen LogP contribution in [0.5, 0.6) is 0 Å². The maximum absolute atomic E-state index is 12.2. The second-order valence-electron chi connectivity index (χ2n) is 4.80. The first-order valence-electron chi connectivity index (χ1n) is 6.88. The molecule has 112 valence electrons. The van der Waals surface area contributed by atoms with E-state index < -0.39 is 0 Å². The third-order valence-electron chi connectivity index (χ3n) is 3.29. The zero-order valence-electron chi connectivity index (χ0n) is 12.3. The van der Waals surface area contributed by atoms with Crippen LogP contribution in [0.3, 0.4) is 0 Å². The molecule has 0 unspecified atom stereocenters. The number of hydrogen-bond donors (Lipinski definition) is 2. The Hall–Kier alpha value is -2.84. The number of benzene rings is 2. The molecule has 0 aliphatic rings. The van der Waals surface area contributed by atoms with Gasteiger partial charge in [0.25, 0.3) is 5.91 Å². The second-order valence-corrected chi connectivity index (χ2v) is 4.80. The maximum Gasteiger partial charge on any atom is 0.257 e. The number of nitrogens with zero attached hydrogens (tertiary/aromatic N) is 2. The van der Waals surface area contributed by atoms with Crippen LogP contribution in [0.2, 0.25) is 0 Å². The van der Waals surface area contributed by atoms with Crippen molar-refractivity contribution in [1.29, 1.82) is 5.26 Å². The number of carbonyl (C=O) groups is 1. The number of nitriles is 1. The highest BCUT2D eigenvalue weighted by atomic mass is 16.3. The van der Waals surface area contributed by atoms with E-state index in [0.29, 0.717) is 23.4 Å². The van der Waals surface area contributed by atoms with Crippen LogP contribution in [0.25, 0.3) is 0 Å². The fraction of sp³-hybridized carbons (Fsp3) is 0.176. The van der Waals surface area contributed by atoms with Gasteiger partial charge in [0.05, 0.1) is 23.8 Å². The van der Waals surface area contributed by atoms with E-state index in [1.165, 1.54) is 0 Å². The van der Waals surface area contributed by atoms with Gasteiger partial charge in [0, 0.05) is 25.0 Å². The van der Waals surface area contributed by atoms with Crippen molar-refractivity contribution in [3.8, 4) is 6.07 Å². The Bertz CT molecular complexity index is 690. The Morgan fingerprint density at radius 2 is 1.91 bits per heavy atom. The molecule has 2 aromatic rings. The lowest BCUT2D eigenvalue weighted by molar-refractivity contribution is 0.102. The molecule has 0 aliphatic heterocycles. The molecule has 0 saturated heterocycles. The minimum atomic E-state index is -0.311. The normalized spacial score (nSPS) is 9.86. The number of rotatable bonds is 5. The van der Waals surface area contributed by atoms with E-state index in [4.69, 9.17) is 10.4 Å². The smallest absolute Gasteiger partial charge is 0.257 e. The highest BCUT2D eigenvalue weighted by Crippen LogP contribution is 2.18. The first kappa shape index (κ1) is 15.5. The van der Waals surface area contributed by atoms with Crippen molar-refractivity contribution < 1.29 is 9.90 Å². The average Bonchev–Trinajstić information content (AvgIpc) is 2.55. The summed E-state index contributed by atoms with van der Waals surface area (Å²) in [5.41, 5.74) is 2.30. The lowest BCUT2D eigenvalue weighted by atomic mass is 10.1. The number of likely N-dealkylation sites (N-methyl/N-ethyl adjacent to an activating group) is 1. The van der Waals surface area contributed by atoms with Gasteiger partial charge in [-0.25, -0.2) is 0 Å². The Labute approximate surface area is 129 Å². The van der Waals surface area contributed by atoms with Gasteiger partial charge in [-0.1, -0.05) is 12.1 Å². The van der Waals surface area contributed by atoms with Crippen LogP contribution in [-0.4, -0.2) is 31.2 Å². The molecule has 0 spiro atoms. The molecule has 2 aromatic carbocycles. The van der Waals surface area contributed by atoms with Gasteiger partial charge >= 0.3 is 0 Å². The SMILES string of the molecule is CN(CCO)c1ccc(NC(=O)c2ccccc2C#N)cc1. The third-order valence-corrected chi connectivity index (χ3v) is 3.29. The number of aliphatic hydroxyl groups excluding tert-OH is 1. The van der Waals surface area contributed by atoms with E-state index in [-0.39, 0.29) is 12.5 Å². The largest absolute Gasteiger partial charge is 0.395 e. The fourth-order valence-electron chi connectivity index (χ4n) is 2.06. The minimum absolute atomic E-state index is 0.0833. The third kappa shape index (κ3) is 3.62. The summed E-state index contributed by atoms with van der Waals surface area (Å²) in [6.45, 7) is 0.626. The molecular weight excluding hydrogens is 278 g/mol.